The smallest absolute Gasteiger partial charge is 0.411 e. The molecule has 4 nitrogen and oxygen atoms in total. The largest absolute Gasteiger partial charge is 0.450 e. The molecule has 0 saturated heterocycles. The number of hydrogen-bond acceptors (Lipinski definition) is 3. The van der Waals surface area contributed by atoms with E-state index in [9.17, 15) is 4.79 Å². The molecule has 1 aromatic heterocycles. The Morgan fingerprint density at radius 2 is 2.35 bits per heavy atom. The zero-order valence-electron chi connectivity index (χ0n) is 9.24. The molecule has 0 aliphatic carbocycles. The molecular weight excluding hydrogens is 240 g/mol. The predicted octanol–water partition coefficient (Wildman–Crippen LogP) is 3.46. The predicted molar refractivity (Wildman–Crippen MR) is 67.4 cm³/mol. The quantitative estimate of drug-likeness (QED) is 0.888. The molecule has 5 heteroatoms. The summed E-state index contributed by atoms with van der Waals surface area (Å²) in [5.74, 6) is 0. The van der Waals surface area contributed by atoms with Gasteiger partial charge in [0.15, 0.2) is 0 Å². The summed E-state index contributed by atoms with van der Waals surface area (Å²) in [6.45, 7) is 2.07. The van der Waals surface area contributed by atoms with E-state index >= 15 is 0 Å². The molecule has 0 aliphatic rings. The first kappa shape index (κ1) is 11.7. The van der Waals surface area contributed by atoms with Crippen molar-refractivity contribution in [2.75, 3.05) is 11.9 Å². The summed E-state index contributed by atoms with van der Waals surface area (Å²) in [6, 6.07) is 5.29. The maximum atomic E-state index is 11.4. The number of carbonyl (C=O) groups is 1. The minimum atomic E-state index is -0.493. The number of carbonyl (C=O) groups excluding carboxylic acids is 1. The molecule has 2 aromatic rings. The average molecular weight is 251 g/mol. The molecule has 0 bridgehead atoms. The Bertz CT molecular complexity index is 557. The Morgan fingerprint density at radius 3 is 3.12 bits per heavy atom. The zero-order valence-corrected chi connectivity index (χ0v) is 9.99. The van der Waals surface area contributed by atoms with Gasteiger partial charge in [0.25, 0.3) is 0 Å². The van der Waals surface area contributed by atoms with E-state index in [-0.39, 0.29) is 0 Å². The number of nitrogens with zero attached hydrogens (tertiary/aromatic N) is 1. The number of anilines is 1. The normalized spacial score (nSPS) is 10.2. The van der Waals surface area contributed by atoms with Crippen LogP contribution in [0.1, 0.15) is 6.92 Å². The van der Waals surface area contributed by atoms with Crippen molar-refractivity contribution in [2.45, 2.75) is 6.92 Å². The van der Waals surface area contributed by atoms with Crippen LogP contribution in [-0.2, 0) is 4.74 Å². The molecule has 17 heavy (non-hydrogen) atoms. The van der Waals surface area contributed by atoms with Gasteiger partial charge in [-0.3, -0.25) is 10.3 Å². The molecule has 0 atom stereocenters. The second-order valence-corrected chi connectivity index (χ2v) is 3.83. The Kier molecular flexibility index (Phi) is 3.44. The van der Waals surface area contributed by atoms with Crippen LogP contribution >= 0.6 is 11.6 Å². The van der Waals surface area contributed by atoms with Gasteiger partial charge in [-0.25, -0.2) is 4.79 Å². The van der Waals surface area contributed by atoms with Crippen molar-refractivity contribution in [3.05, 3.63) is 35.6 Å². The van der Waals surface area contributed by atoms with E-state index in [1.165, 1.54) is 0 Å². The molecule has 1 aromatic carbocycles. The first-order valence-electron chi connectivity index (χ1n) is 5.17. The lowest BCUT2D eigenvalue weighted by Crippen LogP contribution is -2.13. The Morgan fingerprint density at radius 1 is 1.53 bits per heavy atom. The maximum absolute atomic E-state index is 11.4. The van der Waals surface area contributed by atoms with Crippen LogP contribution in [0.15, 0.2) is 30.6 Å². The van der Waals surface area contributed by atoms with Gasteiger partial charge in [0.2, 0.25) is 0 Å². The number of aromatic nitrogens is 1. The van der Waals surface area contributed by atoms with Gasteiger partial charge < -0.3 is 4.74 Å². The van der Waals surface area contributed by atoms with E-state index in [1.54, 1.807) is 31.5 Å². The Labute approximate surface area is 104 Å². The number of pyridine rings is 1. The van der Waals surface area contributed by atoms with Crippen LogP contribution in [-0.4, -0.2) is 17.7 Å². The molecule has 88 valence electrons. The fourth-order valence-electron chi connectivity index (χ4n) is 1.55. The Hall–Kier alpha value is -1.81. The average Bonchev–Trinajstić information content (AvgIpc) is 2.29. The lowest BCUT2D eigenvalue weighted by molar-refractivity contribution is 0.168. The van der Waals surface area contributed by atoms with Gasteiger partial charge >= 0.3 is 6.09 Å². The van der Waals surface area contributed by atoms with E-state index < -0.39 is 6.09 Å². The molecular formula is C12H11ClN2O2. The first-order valence-corrected chi connectivity index (χ1v) is 5.55. The standard InChI is InChI=1S/C12H11ClN2O2/c1-2-17-12(16)15-11-6-9(13)5-8-7-14-4-3-10(8)11/h3-7H,2H2,1H3,(H,15,16). The van der Waals surface area contributed by atoms with Crippen LogP contribution in [0.3, 0.4) is 0 Å². The van der Waals surface area contributed by atoms with Crippen LogP contribution in [0.25, 0.3) is 10.8 Å². The summed E-state index contributed by atoms with van der Waals surface area (Å²) < 4.78 is 4.83. The van der Waals surface area contributed by atoms with Crippen molar-refractivity contribution in [1.29, 1.82) is 0 Å². The van der Waals surface area contributed by atoms with Gasteiger partial charge in [0.05, 0.1) is 12.3 Å². The second-order valence-electron chi connectivity index (χ2n) is 3.40. The summed E-state index contributed by atoms with van der Waals surface area (Å²) in [4.78, 5) is 15.4. The van der Waals surface area contributed by atoms with Crippen molar-refractivity contribution in [3.8, 4) is 0 Å². The number of rotatable bonds is 2. The molecule has 1 heterocycles. The molecule has 0 saturated carbocycles. The van der Waals surface area contributed by atoms with Crippen molar-refractivity contribution in [2.24, 2.45) is 0 Å². The van der Waals surface area contributed by atoms with Crippen molar-refractivity contribution >= 4 is 34.2 Å². The van der Waals surface area contributed by atoms with Crippen molar-refractivity contribution < 1.29 is 9.53 Å². The number of ether oxygens (including phenoxy) is 1. The van der Waals surface area contributed by atoms with Crippen LogP contribution in [0.4, 0.5) is 10.5 Å². The van der Waals surface area contributed by atoms with Crippen LogP contribution in [0.5, 0.6) is 0 Å². The summed E-state index contributed by atoms with van der Waals surface area (Å²) in [5.41, 5.74) is 0.619. The van der Waals surface area contributed by atoms with E-state index in [4.69, 9.17) is 16.3 Å². The van der Waals surface area contributed by atoms with Crippen molar-refractivity contribution in [3.63, 3.8) is 0 Å². The number of nitrogens with one attached hydrogen (secondary N) is 1. The Balaban J connectivity index is 2.42. The highest BCUT2D eigenvalue weighted by molar-refractivity contribution is 6.32. The number of fused-ring (bicyclic) bond motifs is 1. The van der Waals surface area contributed by atoms with Gasteiger partial charge in [-0.1, -0.05) is 11.6 Å². The van der Waals surface area contributed by atoms with Gasteiger partial charge in [0, 0.05) is 28.2 Å². The first-order chi connectivity index (χ1) is 8.20. The number of benzene rings is 1. The molecule has 0 radical (unpaired) electrons. The lowest BCUT2D eigenvalue weighted by Gasteiger charge is -2.09. The molecule has 1 amide bonds. The van der Waals surface area contributed by atoms with Gasteiger partial charge in [-0.05, 0) is 25.1 Å². The number of halogens is 1. The third kappa shape index (κ3) is 2.65. The minimum Gasteiger partial charge on any atom is -0.450 e. The van der Waals surface area contributed by atoms with Gasteiger partial charge in [0.1, 0.15) is 0 Å². The summed E-state index contributed by atoms with van der Waals surface area (Å²) >= 11 is 5.96. The summed E-state index contributed by atoms with van der Waals surface area (Å²) in [7, 11) is 0. The monoisotopic (exact) mass is 250 g/mol. The van der Waals surface area contributed by atoms with Crippen molar-refractivity contribution in [1.82, 2.24) is 4.98 Å². The third-order valence-corrected chi connectivity index (χ3v) is 2.45. The molecule has 0 spiro atoms. The van der Waals surface area contributed by atoms with E-state index in [2.05, 4.69) is 10.3 Å². The van der Waals surface area contributed by atoms with E-state index in [0.29, 0.717) is 17.3 Å². The topological polar surface area (TPSA) is 51.2 Å². The molecule has 0 unspecified atom stereocenters. The number of amides is 1. The molecule has 2 rings (SSSR count). The van der Waals surface area contributed by atoms with Gasteiger partial charge in [-0.2, -0.15) is 0 Å². The molecule has 0 fully saturated rings. The number of hydrogen-bond donors (Lipinski definition) is 1. The molecule has 0 aliphatic heterocycles. The molecule has 1 N–H and O–H groups in total. The maximum Gasteiger partial charge on any atom is 0.411 e. The highest BCUT2D eigenvalue weighted by atomic mass is 35.5. The zero-order chi connectivity index (χ0) is 12.3. The highest BCUT2D eigenvalue weighted by Gasteiger charge is 2.07. The lowest BCUT2D eigenvalue weighted by atomic mass is 10.1. The summed E-state index contributed by atoms with van der Waals surface area (Å²) in [5, 5.41) is 4.93. The third-order valence-electron chi connectivity index (χ3n) is 2.23. The second kappa shape index (κ2) is 5.01. The SMILES string of the molecule is CCOC(=O)Nc1cc(Cl)cc2cnccc12. The highest BCUT2D eigenvalue weighted by Crippen LogP contribution is 2.27. The van der Waals surface area contributed by atoms with E-state index in [1.807, 2.05) is 6.07 Å². The summed E-state index contributed by atoms with van der Waals surface area (Å²) in [6.07, 6.45) is 2.86. The van der Waals surface area contributed by atoms with Crippen LogP contribution < -0.4 is 5.32 Å². The van der Waals surface area contributed by atoms with Gasteiger partial charge in [-0.15, -0.1) is 0 Å². The van der Waals surface area contributed by atoms with Crippen LogP contribution in [0.2, 0.25) is 5.02 Å². The fourth-order valence-corrected chi connectivity index (χ4v) is 1.78. The van der Waals surface area contributed by atoms with E-state index in [0.717, 1.165) is 10.8 Å². The fraction of sp³-hybridized carbons (Fsp3) is 0.167. The minimum absolute atomic E-state index is 0.325. The van der Waals surface area contributed by atoms with Crippen LogP contribution in [0, 0.1) is 0 Å².